The van der Waals surface area contributed by atoms with Gasteiger partial charge in [0.2, 0.25) is 5.91 Å². The maximum Gasteiger partial charge on any atom is 0.328 e. The Morgan fingerprint density at radius 2 is 2.27 bits per heavy atom. The third kappa shape index (κ3) is 3.55. The minimum absolute atomic E-state index is 0.345. The number of nitrogens with zero attached hydrogens (tertiary/aromatic N) is 2. The zero-order valence-electron chi connectivity index (χ0n) is 7.77. The molecule has 0 spiro atoms. The summed E-state index contributed by atoms with van der Waals surface area (Å²) in [4.78, 5) is 21.3. The third-order valence-electron chi connectivity index (χ3n) is 1.40. The standard InChI is InChI=1S/C8H8BrN3O3/c1-12-4-5(9)8(11-12)10-6(13)2-3-7(14)15/h2-4H,1H3,(H,14,15)(H,10,11,13)/b3-2+. The number of rotatable bonds is 3. The molecule has 6 nitrogen and oxygen atoms in total. The molecule has 0 saturated heterocycles. The van der Waals surface area contributed by atoms with Gasteiger partial charge >= 0.3 is 5.97 Å². The van der Waals surface area contributed by atoms with Gasteiger partial charge in [-0.3, -0.25) is 9.48 Å². The van der Waals surface area contributed by atoms with Crippen molar-refractivity contribution < 1.29 is 14.7 Å². The predicted molar refractivity (Wildman–Crippen MR) is 56.3 cm³/mol. The van der Waals surface area contributed by atoms with Crippen LogP contribution in [0.3, 0.4) is 0 Å². The average Bonchev–Trinajstić information content (AvgIpc) is 2.42. The quantitative estimate of drug-likeness (QED) is 0.797. The molecule has 1 aromatic heterocycles. The summed E-state index contributed by atoms with van der Waals surface area (Å²) in [5.74, 6) is -1.38. The monoisotopic (exact) mass is 273 g/mol. The third-order valence-corrected chi connectivity index (χ3v) is 1.98. The van der Waals surface area contributed by atoms with Crippen molar-refractivity contribution in [2.24, 2.45) is 7.05 Å². The largest absolute Gasteiger partial charge is 0.478 e. The zero-order valence-corrected chi connectivity index (χ0v) is 9.35. The van der Waals surface area contributed by atoms with Crippen LogP contribution in [0.15, 0.2) is 22.8 Å². The van der Waals surface area contributed by atoms with Crippen LogP contribution in [0.4, 0.5) is 5.82 Å². The van der Waals surface area contributed by atoms with Crippen LogP contribution in [0, 0.1) is 0 Å². The SMILES string of the molecule is Cn1cc(Br)c(NC(=O)/C=C/C(=O)O)n1. The van der Waals surface area contributed by atoms with Gasteiger partial charge in [-0.1, -0.05) is 0 Å². The summed E-state index contributed by atoms with van der Waals surface area (Å²) in [7, 11) is 1.70. The molecule has 0 unspecified atom stereocenters. The molecule has 0 aliphatic heterocycles. The Bertz CT molecular complexity index is 425. The number of aryl methyl sites for hydroxylation is 1. The minimum Gasteiger partial charge on any atom is -0.478 e. The van der Waals surface area contributed by atoms with Crippen molar-refractivity contribution in [1.82, 2.24) is 9.78 Å². The number of amides is 1. The van der Waals surface area contributed by atoms with Gasteiger partial charge in [-0.25, -0.2) is 4.79 Å². The number of aromatic nitrogens is 2. The highest BCUT2D eigenvalue weighted by Crippen LogP contribution is 2.18. The van der Waals surface area contributed by atoms with E-state index in [2.05, 4.69) is 26.3 Å². The second-order valence-corrected chi connectivity index (χ2v) is 3.51. The van der Waals surface area contributed by atoms with Crippen LogP contribution >= 0.6 is 15.9 Å². The smallest absolute Gasteiger partial charge is 0.328 e. The molecular weight excluding hydrogens is 266 g/mol. The summed E-state index contributed by atoms with van der Waals surface area (Å²) in [6.45, 7) is 0. The van der Waals surface area contributed by atoms with E-state index in [9.17, 15) is 9.59 Å². The molecule has 0 aliphatic carbocycles. The number of carboxylic acid groups (broad SMARTS) is 1. The van der Waals surface area contributed by atoms with Crippen molar-refractivity contribution in [3.05, 3.63) is 22.8 Å². The van der Waals surface area contributed by atoms with Gasteiger partial charge in [-0.2, -0.15) is 5.10 Å². The molecule has 2 N–H and O–H groups in total. The molecule has 0 atom stereocenters. The number of nitrogens with one attached hydrogen (secondary N) is 1. The van der Waals surface area contributed by atoms with Gasteiger partial charge in [0.1, 0.15) is 0 Å². The molecule has 0 aliphatic rings. The molecule has 1 aromatic rings. The van der Waals surface area contributed by atoms with E-state index in [0.717, 1.165) is 12.2 Å². The molecule has 0 saturated carbocycles. The second kappa shape index (κ2) is 4.74. The molecule has 0 fully saturated rings. The lowest BCUT2D eigenvalue weighted by molar-refractivity contribution is -0.131. The molecule has 0 aromatic carbocycles. The van der Waals surface area contributed by atoms with Crippen LogP contribution in [-0.2, 0) is 16.6 Å². The van der Waals surface area contributed by atoms with Crippen LogP contribution in [0.5, 0.6) is 0 Å². The lowest BCUT2D eigenvalue weighted by atomic mass is 10.4. The number of hydrogen-bond acceptors (Lipinski definition) is 3. The second-order valence-electron chi connectivity index (χ2n) is 2.66. The Morgan fingerprint density at radius 1 is 1.60 bits per heavy atom. The average molecular weight is 274 g/mol. The van der Waals surface area contributed by atoms with E-state index in [1.807, 2.05) is 0 Å². The first-order chi connectivity index (χ1) is 6.99. The van der Waals surface area contributed by atoms with Crippen LogP contribution in [0.2, 0.25) is 0 Å². The van der Waals surface area contributed by atoms with E-state index in [4.69, 9.17) is 5.11 Å². The normalized spacial score (nSPS) is 10.5. The highest BCUT2D eigenvalue weighted by Gasteiger charge is 2.06. The Labute approximate surface area is 93.7 Å². The molecule has 1 rings (SSSR count). The van der Waals surface area contributed by atoms with Gasteiger partial charge in [0.15, 0.2) is 5.82 Å². The van der Waals surface area contributed by atoms with E-state index < -0.39 is 11.9 Å². The number of anilines is 1. The van der Waals surface area contributed by atoms with Crippen molar-refractivity contribution >= 4 is 33.6 Å². The number of carbonyl (C=O) groups is 2. The van der Waals surface area contributed by atoms with Gasteiger partial charge < -0.3 is 10.4 Å². The van der Waals surface area contributed by atoms with E-state index >= 15 is 0 Å². The number of hydrogen-bond donors (Lipinski definition) is 2. The summed E-state index contributed by atoms with van der Waals surface area (Å²) in [6.07, 6.45) is 3.34. The first-order valence-electron chi connectivity index (χ1n) is 3.90. The summed E-state index contributed by atoms with van der Waals surface area (Å²) in [5.41, 5.74) is 0. The predicted octanol–water partition coefficient (Wildman–Crippen LogP) is 0.762. The Kier molecular flexibility index (Phi) is 3.62. The van der Waals surface area contributed by atoms with Gasteiger partial charge in [-0.05, 0) is 15.9 Å². The summed E-state index contributed by atoms with van der Waals surface area (Å²) in [6, 6.07) is 0. The molecule has 1 heterocycles. The van der Waals surface area contributed by atoms with Crippen LogP contribution in [0.1, 0.15) is 0 Å². The molecule has 0 radical (unpaired) electrons. The molecule has 7 heteroatoms. The van der Waals surface area contributed by atoms with Crippen LogP contribution in [0.25, 0.3) is 0 Å². The van der Waals surface area contributed by atoms with Gasteiger partial charge in [0, 0.05) is 25.4 Å². The summed E-state index contributed by atoms with van der Waals surface area (Å²) < 4.78 is 2.14. The fraction of sp³-hybridized carbons (Fsp3) is 0.125. The fourth-order valence-corrected chi connectivity index (χ4v) is 1.32. The van der Waals surface area contributed by atoms with Crippen molar-refractivity contribution in [3.63, 3.8) is 0 Å². The molecule has 0 bridgehead atoms. The van der Waals surface area contributed by atoms with Gasteiger partial charge in [0.05, 0.1) is 4.47 Å². The van der Waals surface area contributed by atoms with E-state index in [-0.39, 0.29) is 0 Å². The maximum absolute atomic E-state index is 11.1. The fourth-order valence-electron chi connectivity index (χ4n) is 0.850. The molecular formula is C8H8BrN3O3. The number of aliphatic carboxylic acids is 1. The highest BCUT2D eigenvalue weighted by atomic mass is 79.9. The van der Waals surface area contributed by atoms with Crippen LogP contribution < -0.4 is 5.32 Å². The van der Waals surface area contributed by atoms with E-state index in [1.54, 1.807) is 13.2 Å². The lowest BCUT2D eigenvalue weighted by Crippen LogP contribution is -2.09. The highest BCUT2D eigenvalue weighted by molar-refractivity contribution is 9.10. The molecule has 1 amide bonds. The summed E-state index contributed by atoms with van der Waals surface area (Å²) >= 11 is 3.19. The van der Waals surface area contributed by atoms with Crippen molar-refractivity contribution in [2.45, 2.75) is 0 Å². The lowest BCUT2D eigenvalue weighted by Gasteiger charge is -1.96. The maximum atomic E-state index is 11.1. The number of halogens is 1. The summed E-state index contributed by atoms with van der Waals surface area (Å²) in [5, 5.41) is 14.6. The van der Waals surface area contributed by atoms with Gasteiger partial charge in [-0.15, -0.1) is 0 Å². The first-order valence-corrected chi connectivity index (χ1v) is 4.69. The van der Waals surface area contributed by atoms with Gasteiger partial charge in [0.25, 0.3) is 0 Å². The molecule has 80 valence electrons. The number of carbonyl (C=O) groups excluding carboxylic acids is 1. The van der Waals surface area contributed by atoms with Crippen molar-refractivity contribution in [1.29, 1.82) is 0 Å². The number of carboxylic acids is 1. The Morgan fingerprint density at radius 3 is 2.73 bits per heavy atom. The zero-order chi connectivity index (χ0) is 11.4. The molecule has 15 heavy (non-hydrogen) atoms. The minimum atomic E-state index is -1.18. The topological polar surface area (TPSA) is 84.2 Å². The van der Waals surface area contributed by atoms with Crippen molar-refractivity contribution in [3.8, 4) is 0 Å². The Balaban J connectivity index is 2.66. The first kappa shape index (κ1) is 11.4. The Hall–Kier alpha value is -1.63. The van der Waals surface area contributed by atoms with E-state index in [1.165, 1.54) is 4.68 Å². The van der Waals surface area contributed by atoms with E-state index in [0.29, 0.717) is 10.3 Å². The van der Waals surface area contributed by atoms with Crippen LogP contribution in [-0.4, -0.2) is 26.8 Å². The van der Waals surface area contributed by atoms with Crippen molar-refractivity contribution in [2.75, 3.05) is 5.32 Å².